The number of rotatable bonds is 7. The molecular weight excluding hydrogens is 282 g/mol. The van der Waals surface area contributed by atoms with E-state index >= 15 is 0 Å². The van der Waals surface area contributed by atoms with Crippen LogP contribution in [0.25, 0.3) is 10.9 Å². The van der Waals surface area contributed by atoms with Crippen molar-refractivity contribution in [3.05, 3.63) is 30.5 Å². The van der Waals surface area contributed by atoms with Crippen LogP contribution < -0.4 is 4.74 Å². The van der Waals surface area contributed by atoms with Gasteiger partial charge in [0.2, 0.25) is 5.91 Å². The number of nitrogens with zero attached hydrogens (tertiary/aromatic N) is 2. The van der Waals surface area contributed by atoms with E-state index < -0.39 is 6.10 Å². The summed E-state index contributed by atoms with van der Waals surface area (Å²) in [5, 5.41) is 11.0. The fraction of sp³-hybridized carbons (Fsp3) is 0.438. The molecule has 2 rings (SSSR count). The van der Waals surface area contributed by atoms with Crippen molar-refractivity contribution >= 4 is 16.8 Å². The molecular formula is C16H23N3O3. The van der Waals surface area contributed by atoms with Crippen molar-refractivity contribution in [3.63, 3.8) is 0 Å². The van der Waals surface area contributed by atoms with Gasteiger partial charge in [-0.2, -0.15) is 0 Å². The van der Waals surface area contributed by atoms with Crippen molar-refractivity contribution in [2.24, 2.45) is 0 Å². The average Bonchev–Trinajstić information content (AvgIpc) is 2.93. The third-order valence-electron chi connectivity index (χ3n) is 3.41. The molecule has 0 saturated heterocycles. The maximum absolute atomic E-state index is 11.6. The molecule has 0 aliphatic rings. The van der Waals surface area contributed by atoms with E-state index in [9.17, 15) is 9.90 Å². The van der Waals surface area contributed by atoms with E-state index in [1.807, 2.05) is 30.5 Å². The number of aliphatic hydroxyl groups excluding tert-OH is 1. The first kappa shape index (κ1) is 16.3. The first-order valence-corrected chi connectivity index (χ1v) is 7.23. The van der Waals surface area contributed by atoms with Gasteiger partial charge in [-0.15, -0.1) is 0 Å². The average molecular weight is 305 g/mol. The van der Waals surface area contributed by atoms with Crippen LogP contribution in [0.2, 0.25) is 0 Å². The lowest BCUT2D eigenvalue weighted by Gasteiger charge is -2.22. The fourth-order valence-electron chi connectivity index (χ4n) is 2.22. The Labute approximate surface area is 130 Å². The standard InChI is InChI=1S/C16H23N3O3/c1-18(2)16(21)10-19(3)9-12(20)11-22-15-6-4-5-14-13(15)7-8-17-14/h4-8,12,17,20H,9-11H2,1-3H3. The van der Waals surface area contributed by atoms with Gasteiger partial charge in [0.1, 0.15) is 18.5 Å². The molecule has 0 saturated carbocycles. The van der Waals surface area contributed by atoms with Gasteiger partial charge < -0.3 is 19.7 Å². The molecule has 1 aromatic carbocycles. The van der Waals surface area contributed by atoms with Crippen molar-refractivity contribution in [2.45, 2.75) is 6.10 Å². The largest absolute Gasteiger partial charge is 0.490 e. The molecule has 0 radical (unpaired) electrons. The number of nitrogens with one attached hydrogen (secondary N) is 1. The van der Waals surface area contributed by atoms with Crippen LogP contribution in [0.5, 0.6) is 5.75 Å². The highest BCUT2D eigenvalue weighted by molar-refractivity contribution is 5.85. The van der Waals surface area contributed by atoms with Crippen LogP contribution in [-0.4, -0.2) is 72.7 Å². The molecule has 1 aromatic heterocycles. The smallest absolute Gasteiger partial charge is 0.236 e. The summed E-state index contributed by atoms with van der Waals surface area (Å²) in [6.45, 7) is 0.838. The van der Waals surface area contributed by atoms with Gasteiger partial charge in [-0.3, -0.25) is 9.69 Å². The Morgan fingerprint density at radius 2 is 2.09 bits per heavy atom. The monoisotopic (exact) mass is 305 g/mol. The van der Waals surface area contributed by atoms with E-state index in [-0.39, 0.29) is 19.1 Å². The van der Waals surface area contributed by atoms with Crippen molar-refractivity contribution in [1.29, 1.82) is 0 Å². The number of hydrogen-bond donors (Lipinski definition) is 2. The van der Waals surface area contributed by atoms with Crippen LogP contribution in [0, 0.1) is 0 Å². The fourth-order valence-corrected chi connectivity index (χ4v) is 2.22. The Bertz CT molecular complexity index is 624. The summed E-state index contributed by atoms with van der Waals surface area (Å²) in [4.78, 5) is 18.0. The van der Waals surface area contributed by atoms with Gasteiger partial charge in [0.15, 0.2) is 0 Å². The normalized spacial score (nSPS) is 12.6. The SMILES string of the molecule is CN(CC(=O)N(C)C)CC(O)COc1cccc2[nH]ccc12. The number of benzene rings is 1. The number of likely N-dealkylation sites (N-methyl/N-ethyl adjacent to an activating group) is 2. The minimum absolute atomic E-state index is 0.00714. The van der Waals surface area contributed by atoms with Gasteiger partial charge in [0.05, 0.1) is 6.54 Å². The number of carbonyl (C=O) groups is 1. The number of carbonyl (C=O) groups excluding carboxylic acids is 1. The third-order valence-corrected chi connectivity index (χ3v) is 3.41. The molecule has 1 heterocycles. The van der Waals surface area contributed by atoms with E-state index in [4.69, 9.17) is 4.74 Å². The van der Waals surface area contributed by atoms with Crippen molar-refractivity contribution in [1.82, 2.24) is 14.8 Å². The maximum Gasteiger partial charge on any atom is 0.236 e. The van der Waals surface area contributed by atoms with Crippen molar-refractivity contribution in [2.75, 3.05) is 40.8 Å². The van der Waals surface area contributed by atoms with E-state index in [0.717, 1.165) is 16.7 Å². The van der Waals surface area contributed by atoms with Crippen LogP contribution in [0.4, 0.5) is 0 Å². The number of amides is 1. The molecule has 22 heavy (non-hydrogen) atoms. The van der Waals surface area contributed by atoms with Gasteiger partial charge in [-0.25, -0.2) is 0 Å². The Hall–Kier alpha value is -2.05. The molecule has 1 atom stereocenters. The summed E-state index contributed by atoms with van der Waals surface area (Å²) in [6, 6.07) is 7.70. The molecule has 1 amide bonds. The second kappa shape index (κ2) is 7.29. The van der Waals surface area contributed by atoms with Crippen LogP contribution >= 0.6 is 0 Å². The molecule has 1 unspecified atom stereocenters. The van der Waals surface area contributed by atoms with Gasteiger partial charge in [-0.1, -0.05) is 6.07 Å². The first-order chi connectivity index (χ1) is 10.5. The van der Waals surface area contributed by atoms with Crippen LogP contribution in [-0.2, 0) is 4.79 Å². The topological polar surface area (TPSA) is 68.8 Å². The second-order valence-electron chi connectivity index (χ2n) is 5.64. The van der Waals surface area contributed by atoms with E-state index in [2.05, 4.69) is 4.98 Å². The van der Waals surface area contributed by atoms with Crippen molar-refractivity contribution in [3.8, 4) is 5.75 Å². The van der Waals surface area contributed by atoms with Crippen LogP contribution in [0.1, 0.15) is 0 Å². The summed E-state index contributed by atoms with van der Waals surface area (Å²) in [7, 11) is 5.23. The van der Waals surface area contributed by atoms with Crippen LogP contribution in [0.3, 0.4) is 0 Å². The molecule has 6 nitrogen and oxygen atoms in total. The Balaban J connectivity index is 1.84. The quantitative estimate of drug-likeness (QED) is 0.798. The van der Waals surface area contributed by atoms with Crippen LogP contribution in [0.15, 0.2) is 30.5 Å². The van der Waals surface area contributed by atoms with E-state index in [1.165, 1.54) is 4.90 Å². The minimum atomic E-state index is -0.658. The highest BCUT2D eigenvalue weighted by atomic mass is 16.5. The van der Waals surface area contributed by atoms with Gasteiger partial charge in [0, 0.05) is 37.7 Å². The lowest BCUT2D eigenvalue weighted by molar-refractivity contribution is -0.129. The van der Waals surface area contributed by atoms with Gasteiger partial charge in [0.25, 0.3) is 0 Å². The molecule has 2 N–H and O–H groups in total. The van der Waals surface area contributed by atoms with E-state index in [1.54, 1.807) is 26.0 Å². The number of aromatic nitrogens is 1. The Kier molecular flexibility index (Phi) is 5.41. The highest BCUT2D eigenvalue weighted by Gasteiger charge is 2.14. The molecule has 0 bridgehead atoms. The summed E-state index contributed by atoms with van der Waals surface area (Å²) in [5.41, 5.74) is 1.00. The molecule has 0 aliphatic heterocycles. The predicted octanol–water partition coefficient (Wildman–Crippen LogP) is 0.928. The Morgan fingerprint density at radius 3 is 2.82 bits per heavy atom. The zero-order valence-electron chi connectivity index (χ0n) is 13.2. The summed E-state index contributed by atoms with van der Waals surface area (Å²) >= 11 is 0. The molecule has 0 fully saturated rings. The number of aliphatic hydroxyl groups is 1. The lowest BCUT2D eigenvalue weighted by atomic mass is 10.2. The zero-order valence-corrected chi connectivity index (χ0v) is 13.2. The second-order valence-corrected chi connectivity index (χ2v) is 5.64. The molecule has 2 aromatic rings. The molecule has 120 valence electrons. The minimum Gasteiger partial charge on any atom is -0.490 e. The van der Waals surface area contributed by atoms with Gasteiger partial charge >= 0.3 is 0 Å². The molecule has 0 aliphatic carbocycles. The third kappa shape index (κ3) is 4.22. The highest BCUT2D eigenvalue weighted by Crippen LogP contribution is 2.24. The van der Waals surface area contributed by atoms with E-state index in [0.29, 0.717) is 6.54 Å². The number of H-pyrrole nitrogens is 1. The Morgan fingerprint density at radius 1 is 1.32 bits per heavy atom. The summed E-state index contributed by atoms with van der Waals surface area (Å²) in [6.07, 6.45) is 1.20. The summed E-state index contributed by atoms with van der Waals surface area (Å²) in [5.74, 6) is 0.748. The predicted molar refractivity (Wildman–Crippen MR) is 86.0 cm³/mol. The number of fused-ring (bicyclic) bond motifs is 1. The molecule has 0 spiro atoms. The molecule has 6 heteroatoms. The maximum atomic E-state index is 11.6. The first-order valence-electron chi connectivity index (χ1n) is 7.23. The number of hydrogen-bond acceptors (Lipinski definition) is 4. The summed E-state index contributed by atoms with van der Waals surface area (Å²) < 4.78 is 5.70. The zero-order chi connectivity index (χ0) is 16.1. The number of aromatic amines is 1. The van der Waals surface area contributed by atoms with Gasteiger partial charge in [-0.05, 0) is 25.2 Å². The lowest BCUT2D eigenvalue weighted by Crippen LogP contribution is -2.39. The number of ether oxygens (including phenoxy) is 1. The van der Waals surface area contributed by atoms with Crippen molar-refractivity contribution < 1.29 is 14.6 Å².